The molecule has 0 aliphatic carbocycles. The maximum absolute atomic E-state index is 11.4. The Kier molecular flexibility index (Phi) is 22.8. The summed E-state index contributed by atoms with van der Waals surface area (Å²) in [6, 6.07) is 0. The van der Waals surface area contributed by atoms with Gasteiger partial charge in [-0.1, -0.05) is 96.8 Å². The quantitative estimate of drug-likeness (QED) is 0.182. The smallest absolute Gasteiger partial charge is 0.187 e. The summed E-state index contributed by atoms with van der Waals surface area (Å²) in [6.45, 7) is 3.76. The molecular formula is C21H43AlO2. The first-order chi connectivity index (χ1) is 11.2. The third-order valence-corrected chi connectivity index (χ3v) is 4.51. The molecule has 0 saturated heterocycles. The third-order valence-electron chi connectivity index (χ3n) is 4.51. The van der Waals surface area contributed by atoms with Crippen molar-refractivity contribution >= 4 is 28.9 Å². The van der Waals surface area contributed by atoms with Gasteiger partial charge in [0.15, 0.2) is 17.4 Å². The molecule has 0 radical (unpaired) electrons. The lowest BCUT2D eigenvalue weighted by atomic mass is 10.0. The van der Waals surface area contributed by atoms with Crippen molar-refractivity contribution in [3.05, 3.63) is 0 Å². The van der Waals surface area contributed by atoms with E-state index < -0.39 is 0 Å². The van der Waals surface area contributed by atoms with E-state index in [0.717, 1.165) is 12.8 Å². The van der Waals surface area contributed by atoms with Crippen molar-refractivity contribution in [1.29, 1.82) is 0 Å². The molecule has 3 heteroatoms. The summed E-state index contributed by atoms with van der Waals surface area (Å²) in [5.74, 6) is 0.114. The summed E-state index contributed by atoms with van der Waals surface area (Å²) in [4.78, 5) is 22.2. The topological polar surface area (TPSA) is 34.1 Å². The Bertz CT molecular complexity index is 290. The number of Topliss-reactive ketones (excluding diaryl/α,β-unsaturated/α-hetero) is 2. The van der Waals surface area contributed by atoms with Gasteiger partial charge in [-0.05, 0) is 13.3 Å². The van der Waals surface area contributed by atoms with Crippen LogP contribution < -0.4 is 0 Å². The molecule has 0 heterocycles. The van der Waals surface area contributed by atoms with Crippen LogP contribution in [0.15, 0.2) is 0 Å². The highest BCUT2D eigenvalue weighted by Crippen LogP contribution is 2.13. The predicted octanol–water partition coefficient (Wildman–Crippen LogP) is 5.61. The van der Waals surface area contributed by atoms with Gasteiger partial charge in [-0.15, -0.1) is 0 Å². The number of carbonyl (C=O) groups is 2. The first-order valence-corrected chi connectivity index (χ1v) is 10.2. The minimum Gasteiger partial charge on any atom is -0.300 e. The van der Waals surface area contributed by atoms with E-state index in [0.29, 0.717) is 6.42 Å². The van der Waals surface area contributed by atoms with E-state index in [4.69, 9.17) is 0 Å². The van der Waals surface area contributed by atoms with Crippen LogP contribution >= 0.6 is 0 Å². The summed E-state index contributed by atoms with van der Waals surface area (Å²) >= 11 is 0. The van der Waals surface area contributed by atoms with E-state index in [1.54, 1.807) is 0 Å². The molecule has 142 valence electrons. The van der Waals surface area contributed by atoms with Crippen molar-refractivity contribution in [3.63, 3.8) is 0 Å². The van der Waals surface area contributed by atoms with Gasteiger partial charge in [-0.3, -0.25) is 9.59 Å². The van der Waals surface area contributed by atoms with E-state index in [9.17, 15) is 9.59 Å². The fourth-order valence-corrected chi connectivity index (χ4v) is 3.06. The number of hydrogen-bond acceptors (Lipinski definition) is 2. The summed E-state index contributed by atoms with van der Waals surface area (Å²) in [5.41, 5.74) is 0. The molecule has 0 N–H and O–H groups in total. The lowest BCUT2D eigenvalue weighted by Crippen LogP contribution is -2.03. The van der Waals surface area contributed by atoms with Crippen LogP contribution in [0.25, 0.3) is 0 Å². The molecule has 0 aliphatic heterocycles. The van der Waals surface area contributed by atoms with Crippen LogP contribution in [0.2, 0.25) is 0 Å². The number of carbonyl (C=O) groups excluding carboxylic acids is 2. The van der Waals surface area contributed by atoms with Crippen LogP contribution in [0.4, 0.5) is 0 Å². The average Bonchev–Trinajstić information content (AvgIpc) is 2.50. The van der Waals surface area contributed by atoms with Gasteiger partial charge >= 0.3 is 0 Å². The minimum atomic E-state index is -0.00374. The number of ketones is 2. The van der Waals surface area contributed by atoms with E-state index in [2.05, 4.69) is 6.92 Å². The van der Waals surface area contributed by atoms with Crippen LogP contribution in [0.1, 0.15) is 123 Å². The molecular weight excluding hydrogens is 311 g/mol. The maximum Gasteiger partial charge on any atom is 0.187 e. The van der Waals surface area contributed by atoms with Crippen LogP contribution in [-0.2, 0) is 9.59 Å². The average molecular weight is 355 g/mol. The predicted molar refractivity (Wildman–Crippen MR) is 110 cm³/mol. The van der Waals surface area contributed by atoms with Gasteiger partial charge in [0, 0.05) is 6.42 Å². The van der Waals surface area contributed by atoms with E-state index >= 15 is 0 Å². The molecule has 0 spiro atoms. The molecule has 0 unspecified atom stereocenters. The molecule has 0 aromatic carbocycles. The highest BCUT2D eigenvalue weighted by molar-refractivity contribution is 5.97. The first kappa shape index (κ1) is 26.1. The second-order valence-electron chi connectivity index (χ2n) is 7.12. The van der Waals surface area contributed by atoms with Crippen molar-refractivity contribution in [1.82, 2.24) is 0 Å². The van der Waals surface area contributed by atoms with Gasteiger partial charge in [0.1, 0.15) is 11.6 Å². The molecule has 0 aliphatic rings. The zero-order valence-electron chi connectivity index (χ0n) is 15.8. The van der Waals surface area contributed by atoms with Gasteiger partial charge in [-0.2, -0.15) is 0 Å². The number of hydrogen-bond donors (Lipinski definition) is 0. The molecule has 0 amide bonds. The first-order valence-electron chi connectivity index (χ1n) is 10.2. The zero-order valence-corrected chi connectivity index (χ0v) is 15.8. The fourth-order valence-electron chi connectivity index (χ4n) is 3.06. The lowest BCUT2D eigenvalue weighted by Gasteiger charge is -2.03. The van der Waals surface area contributed by atoms with Gasteiger partial charge in [0.05, 0.1) is 6.42 Å². The summed E-state index contributed by atoms with van der Waals surface area (Å²) in [5, 5.41) is 0. The molecule has 0 aromatic rings. The molecule has 0 saturated carbocycles. The zero-order chi connectivity index (χ0) is 17.2. The second kappa shape index (κ2) is 20.9. The lowest BCUT2D eigenvalue weighted by molar-refractivity contribution is -0.125. The van der Waals surface area contributed by atoms with Crippen molar-refractivity contribution < 1.29 is 9.59 Å². The summed E-state index contributed by atoms with van der Waals surface area (Å²) in [7, 11) is 0. The molecule has 2 nitrogen and oxygen atoms in total. The molecule has 0 bridgehead atoms. The molecule has 0 aromatic heterocycles. The highest BCUT2D eigenvalue weighted by Gasteiger charge is 2.04. The van der Waals surface area contributed by atoms with E-state index in [1.807, 2.05) is 0 Å². The van der Waals surface area contributed by atoms with Crippen LogP contribution in [0.5, 0.6) is 0 Å². The van der Waals surface area contributed by atoms with E-state index in [1.165, 1.54) is 90.4 Å². The fraction of sp³-hybridized carbons (Fsp3) is 0.905. The largest absolute Gasteiger partial charge is 0.300 e. The van der Waals surface area contributed by atoms with Gasteiger partial charge < -0.3 is 0 Å². The Labute approximate surface area is 161 Å². The Balaban J connectivity index is 0. The van der Waals surface area contributed by atoms with Crippen LogP contribution in [0, 0.1) is 0 Å². The molecule has 0 atom stereocenters. The number of rotatable bonds is 18. The Morgan fingerprint density at radius 3 is 1.25 bits per heavy atom. The Morgan fingerprint density at radius 2 is 0.917 bits per heavy atom. The monoisotopic (exact) mass is 354 g/mol. The Hall–Kier alpha value is -0.128. The SMILES string of the molecule is CCCCCCCCCCCCCCCCCC(=O)CC(C)=O.[AlH3]. The van der Waals surface area contributed by atoms with Crippen LogP contribution in [-0.4, -0.2) is 28.9 Å². The van der Waals surface area contributed by atoms with Crippen molar-refractivity contribution in [2.24, 2.45) is 0 Å². The second-order valence-corrected chi connectivity index (χ2v) is 7.12. The minimum absolute atomic E-state index is 0. The number of unbranched alkanes of at least 4 members (excludes halogenated alkanes) is 14. The normalized spacial score (nSPS) is 10.4. The van der Waals surface area contributed by atoms with Gasteiger partial charge in [0.2, 0.25) is 0 Å². The summed E-state index contributed by atoms with van der Waals surface area (Å²) < 4.78 is 0. The van der Waals surface area contributed by atoms with Crippen molar-refractivity contribution in [3.8, 4) is 0 Å². The van der Waals surface area contributed by atoms with Gasteiger partial charge in [-0.25, -0.2) is 0 Å². The van der Waals surface area contributed by atoms with Crippen molar-refractivity contribution in [2.75, 3.05) is 0 Å². The van der Waals surface area contributed by atoms with Crippen molar-refractivity contribution in [2.45, 2.75) is 123 Å². The third kappa shape index (κ3) is 21.9. The van der Waals surface area contributed by atoms with Gasteiger partial charge in [0.25, 0.3) is 0 Å². The van der Waals surface area contributed by atoms with Crippen LogP contribution in [0.3, 0.4) is 0 Å². The molecule has 0 fully saturated rings. The van der Waals surface area contributed by atoms with E-state index in [-0.39, 0.29) is 35.3 Å². The molecule has 0 rings (SSSR count). The maximum atomic E-state index is 11.4. The Morgan fingerprint density at radius 1 is 0.583 bits per heavy atom. The molecule has 24 heavy (non-hydrogen) atoms. The standard InChI is InChI=1S/C21H40O2.Al.3H/c1-3-4-5-6-7-8-9-10-11-12-13-14-15-16-17-18-21(23)19-20(2)22;;;;/h3-19H2,1-2H3;;;;. The summed E-state index contributed by atoms with van der Waals surface area (Å²) in [6.07, 6.45) is 20.8. The highest BCUT2D eigenvalue weighted by atomic mass is 27.0.